The van der Waals surface area contributed by atoms with Gasteiger partial charge in [0.2, 0.25) is 0 Å². The third kappa shape index (κ3) is 4.97. The van der Waals surface area contributed by atoms with Gasteiger partial charge in [0.05, 0.1) is 24.3 Å². The second-order valence-electron chi connectivity index (χ2n) is 10.2. The van der Waals surface area contributed by atoms with Crippen LogP contribution in [0.2, 0.25) is 0 Å². The van der Waals surface area contributed by atoms with Gasteiger partial charge in [-0.3, -0.25) is 14.4 Å². The van der Waals surface area contributed by atoms with Crippen molar-refractivity contribution in [2.45, 2.75) is 51.2 Å². The fourth-order valence-electron chi connectivity index (χ4n) is 5.73. The van der Waals surface area contributed by atoms with Crippen LogP contribution in [0.1, 0.15) is 53.7 Å². The third-order valence-electron chi connectivity index (χ3n) is 7.58. The number of aliphatic hydroxyl groups excluding tert-OH is 1. The van der Waals surface area contributed by atoms with Crippen molar-refractivity contribution in [3.63, 3.8) is 0 Å². The second-order valence-corrected chi connectivity index (χ2v) is 10.2. The number of likely N-dealkylation sites (tertiary alicyclic amines) is 1. The highest BCUT2D eigenvalue weighted by Gasteiger charge is 2.51. The van der Waals surface area contributed by atoms with Crippen LogP contribution >= 0.6 is 0 Å². The van der Waals surface area contributed by atoms with E-state index in [2.05, 4.69) is 22.0 Å². The number of amides is 1. The summed E-state index contributed by atoms with van der Waals surface area (Å²) in [5.41, 5.74) is 11.2. The molecule has 1 saturated heterocycles. The molecule has 0 radical (unpaired) electrons. The molecule has 1 unspecified atom stereocenters. The number of benzene rings is 1. The summed E-state index contributed by atoms with van der Waals surface area (Å²) < 4.78 is 56.7. The fraction of sp³-hybridized carbons (Fsp3) is 0.423. The molecule has 2 aliphatic rings. The first-order chi connectivity index (χ1) is 18.4. The molecule has 39 heavy (non-hydrogen) atoms. The van der Waals surface area contributed by atoms with E-state index in [9.17, 15) is 27.5 Å². The SMILES string of the molecule is CC#CC(O)N1CCC2(CC(n3nc(-c4cnn(Cc5cc(F)ccc5C(F)(F)F)c4)c(C(N)=O)c3N)C2)C1. The van der Waals surface area contributed by atoms with Crippen LogP contribution in [0.15, 0.2) is 30.6 Å². The Morgan fingerprint density at radius 2 is 2.08 bits per heavy atom. The van der Waals surface area contributed by atoms with Gasteiger partial charge in [-0.25, -0.2) is 9.07 Å². The van der Waals surface area contributed by atoms with Gasteiger partial charge in [-0.15, -0.1) is 5.92 Å². The third-order valence-corrected chi connectivity index (χ3v) is 7.58. The molecule has 3 heterocycles. The number of anilines is 1. The Balaban J connectivity index is 1.38. The molecular weight excluding hydrogens is 518 g/mol. The molecule has 5 rings (SSSR count). The van der Waals surface area contributed by atoms with E-state index in [4.69, 9.17) is 11.5 Å². The zero-order valence-corrected chi connectivity index (χ0v) is 21.0. The van der Waals surface area contributed by atoms with E-state index in [-0.39, 0.29) is 40.6 Å². The van der Waals surface area contributed by atoms with Crippen LogP contribution < -0.4 is 11.5 Å². The highest BCUT2D eigenvalue weighted by atomic mass is 19.4. The molecule has 1 atom stereocenters. The number of hydrogen-bond acceptors (Lipinski definition) is 6. The lowest BCUT2D eigenvalue weighted by Gasteiger charge is -2.45. The van der Waals surface area contributed by atoms with E-state index in [0.717, 1.165) is 37.9 Å². The first-order valence-electron chi connectivity index (χ1n) is 12.3. The molecule has 2 fully saturated rings. The Hall–Kier alpha value is -3.89. The molecule has 1 saturated carbocycles. The lowest BCUT2D eigenvalue weighted by Crippen LogP contribution is -2.43. The highest BCUT2D eigenvalue weighted by molar-refractivity contribution is 6.03. The Kier molecular flexibility index (Phi) is 6.64. The summed E-state index contributed by atoms with van der Waals surface area (Å²) in [6.07, 6.45) is -0.363. The second kappa shape index (κ2) is 9.69. The van der Waals surface area contributed by atoms with Gasteiger partial charge in [-0.2, -0.15) is 23.4 Å². The van der Waals surface area contributed by atoms with Crippen LogP contribution in [0, 0.1) is 23.1 Å². The number of alkyl halides is 3. The standard InChI is InChI=1S/C26H27F4N7O2/c1-2-3-20(38)35-7-6-25(14-35)9-18(10-25)37-23(31)21(24(32)39)22(34-37)16-11-33-36(13-16)12-15-8-17(27)4-5-19(15)26(28,29)30/h4-5,8,11,13,18,20,38H,6-7,9-10,12,14,31H2,1H3,(H2,32,39). The zero-order valence-electron chi connectivity index (χ0n) is 21.0. The van der Waals surface area contributed by atoms with Crippen LogP contribution in [0.3, 0.4) is 0 Å². The first-order valence-corrected chi connectivity index (χ1v) is 12.3. The molecule has 1 spiro atoms. The summed E-state index contributed by atoms with van der Waals surface area (Å²) in [5.74, 6) is 3.98. The maximum atomic E-state index is 13.7. The van der Waals surface area contributed by atoms with Crippen molar-refractivity contribution in [2.24, 2.45) is 11.1 Å². The van der Waals surface area contributed by atoms with Gasteiger partial charge >= 0.3 is 6.18 Å². The van der Waals surface area contributed by atoms with Crippen molar-refractivity contribution in [1.82, 2.24) is 24.5 Å². The average molecular weight is 546 g/mol. The van der Waals surface area contributed by atoms with E-state index in [1.54, 1.807) is 11.6 Å². The van der Waals surface area contributed by atoms with Crippen LogP contribution in [0.5, 0.6) is 0 Å². The normalized spacial score (nSPS) is 21.9. The molecule has 1 amide bonds. The number of nitrogen functional groups attached to an aromatic ring is 1. The number of carbonyl (C=O) groups is 1. The number of aliphatic hydroxyl groups is 1. The van der Waals surface area contributed by atoms with Crippen molar-refractivity contribution in [3.05, 3.63) is 53.1 Å². The summed E-state index contributed by atoms with van der Waals surface area (Å²) in [6, 6.07) is 2.17. The lowest BCUT2D eigenvalue weighted by molar-refractivity contribution is -0.138. The summed E-state index contributed by atoms with van der Waals surface area (Å²) in [7, 11) is 0. The van der Waals surface area contributed by atoms with Crippen molar-refractivity contribution in [2.75, 3.05) is 18.8 Å². The Morgan fingerprint density at radius 3 is 2.74 bits per heavy atom. The number of primary amides is 1. The van der Waals surface area contributed by atoms with Gasteiger partial charge in [0.1, 0.15) is 22.9 Å². The summed E-state index contributed by atoms with van der Waals surface area (Å²) in [6.45, 7) is 2.72. The van der Waals surface area contributed by atoms with E-state index in [1.165, 1.54) is 17.1 Å². The molecule has 1 aliphatic heterocycles. The minimum absolute atomic E-state index is 0.000994. The minimum atomic E-state index is -4.66. The zero-order chi connectivity index (χ0) is 28.1. The van der Waals surface area contributed by atoms with Gasteiger partial charge in [-0.1, -0.05) is 5.92 Å². The molecule has 206 valence electrons. The van der Waals surface area contributed by atoms with Crippen LogP contribution in [-0.4, -0.2) is 54.8 Å². The number of nitrogens with two attached hydrogens (primary N) is 2. The minimum Gasteiger partial charge on any atom is -0.383 e. The average Bonchev–Trinajstić information content (AvgIpc) is 3.54. The van der Waals surface area contributed by atoms with Gasteiger partial charge < -0.3 is 16.6 Å². The molecule has 2 aromatic heterocycles. The Morgan fingerprint density at radius 1 is 1.33 bits per heavy atom. The summed E-state index contributed by atoms with van der Waals surface area (Å²) in [4.78, 5) is 14.3. The Bertz CT molecular complexity index is 1480. The molecular formula is C26H27F4N7O2. The van der Waals surface area contributed by atoms with Gasteiger partial charge in [0.15, 0.2) is 6.23 Å². The molecule has 1 aliphatic carbocycles. The van der Waals surface area contributed by atoms with E-state index < -0.39 is 29.7 Å². The predicted molar refractivity (Wildman–Crippen MR) is 133 cm³/mol. The first kappa shape index (κ1) is 26.7. The molecule has 3 aromatic rings. The van der Waals surface area contributed by atoms with Crippen molar-refractivity contribution in [1.29, 1.82) is 0 Å². The molecule has 9 nitrogen and oxygen atoms in total. The van der Waals surface area contributed by atoms with Crippen molar-refractivity contribution in [3.8, 4) is 23.1 Å². The molecule has 13 heteroatoms. The number of halogens is 4. The highest BCUT2D eigenvalue weighted by Crippen LogP contribution is 2.55. The Labute approximate surface area is 221 Å². The summed E-state index contributed by atoms with van der Waals surface area (Å²) in [5, 5.41) is 18.9. The van der Waals surface area contributed by atoms with Gasteiger partial charge in [0.25, 0.3) is 5.91 Å². The lowest BCUT2D eigenvalue weighted by atomic mass is 9.65. The number of carbonyl (C=O) groups excluding carboxylic acids is 1. The van der Waals surface area contributed by atoms with E-state index >= 15 is 0 Å². The number of rotatable bonds is 6. The molecule has 0 bridgehead atoms. The number of nitrogens with zero attached hydrogens (tertiary/aromatic N) is 5. The smallest absolute Gasteiger partial charge is 0.383 e. The summed E-state index contributed by atoms with van der Waals surface area (Å²) >= 11 is 0. The van der Waals surface area contributed by atoms with Crippen molar-refractivity contribution >= 4 is 11.7 Å². The van der Waals surface area contributed by atoms with E-state index in [1.807, 2.05) is 4.90 Å². The number of hydrogen-bond donors (Lipinski definition) is 3. The molecule has 1 aromatic carbocycles. The van der Waals surface area contributed by atoms with Crippen LogP contribution in [0.25, 0.3) is 11.3 Å². The van der Waals surface area contributed by atoms with Crippen molar-refractivity contribution < 1.29 is 27.5 Å². The largest absolute Gasteiger partial charge is 0.416 e. The maximum absolute atomic E-state index is 13.7. The maximum Gasteiger partial charge on any atom is 0.416 e. The predicted octanol–water partition coefficient (Wildman–Crippen LogP) is 3.00. The van der Waals surface area contributed by atoms with E-state index in [0.29, 0.717) is 18.2 Å². The number of aromatic nitrogens is 4. The monoisotopic (exact) mass is 545 g/mol. The van der Waals surface area contributed by atoms with Crippen LogP contribution in [-0.2, 0) is 12.7 Å². The van der Waals surface area contributed by atoms with Crippen LogP contribution in [0.4, 0.5) is 23.4 Å². The molecule has 5 N–H and O–H groups in total. The van der Waals surface area contributed by atoms with Gasteiger partial charge in [0, 0.05) is 24.8 Å². The van der Waals surface area contributed by atoms with Gasteiger partial charge in [-0.05, 0) is 55.4 Å². The fourth-order valence-corrected chi connectivity index (χ4v) is 5.73. The quantitative estimate of drug-likeness (QED) is 0.323. The topological polar surface area (TPSA) is 128 Å².